The van der Waals surface area contributed by atoms with Gasteiger partial charge in [-0.15, -0.1) is 5.10 Å². The Balaban J connectivity index is 1.87. The molecule has 90 valence electrons. The van der Waals surface area contributed by atoms with Crippen molar-refractivity contribution in [2.24, 2.45) is 0 Å². The number of H-pyrrole nitrogens is 1. The summed E-state index contributed by atoms with van der Waals surface area (Å²) in [5.74, 6) is 0.896. The summed E-state index contributed by atoms with van der Waals surface area (Å²) in [5, 5.41) is 11.3. The van der Waals surface area contributed by atoms with Gasteiger partial charge in [-0.25, -0.2) is 15.1 Å². The molecule has 0 aromatic carbocycles. The van der Waals surface area contributed by atoms with E-state index in [-0.39, 0.29) is 0 Å². The minimum atomic E-state index is 0.668. The lowest BCUT2D eigenvalue weighted by Gasteiger charge is -2.16. The molecular weight excluding hydrogens is 256 g/mol. The molecule has 2 aromatic heterocycles. The van der Waals surface area contributed by atoms with Gasteiger partial charge in [0.05, 0.1) is 0 Å². The summed E-state index contributed by atoms with van der Waals surface area (Å²) in [5.41, 5.74) is 1.47. The monoisotopic (exact) mass is 268 g/mol. The van der Waals surface area contributed by atoms with Crippen molar-refractivity contribution in [3.8, 4) is 0 Å². The number of rotatable bonds is 3. The van der Waals surface area contributed by atoms with Crippen LogP contribution in [-0.4, -0.2) is 50.0 Å². The van der Waals surface area contributed by atoms with Crippen molar-refractivity contribution < 1.29 is 0 Å². The molecule has 0 spiro atoms. The molecule has 6 nitrogen and oxygen atoms in total. The van der Waals surface area contributed by atoms with Crippen LogP contribution in [0.5, 0.6) is 0 Å². The van der Waals surface area contributed by atoms with Crippen LogP contribution in [0.15, 0.2) is 6.33 Å². The molecule has 1 unspecified atom stereocenters. The van der Waals surface area contributed by atoms with Crippen molar-refractivity contribution in [2.75, 3.05) is 24.2 Å². The highest BCUT2D eigenvalue weighted by Gasteiger charge is 2.25. The Hall–Kier alpha value is -1.02. The maximum absolute atomic E-state index is 4.33. The third-order valence-electron chi connectivity index (χ3n) is 2.79. The van der Waals surface area contributed by atoms with Gasteiger partial charge >= 0.3 is 0 Å². The molecule has 0 amide bonds. The zero-order valence-corrected chi connectivity index (χ0v) is 11.0. The zero-order valence-electron chi connectivity index (χ0n) is 9.33. The van der Waals surface area contributed by atoms with E-state index in [0.29, 0.717) is 10.9 Å². The summed E-state index contributed by atoms with van der Waals surface area (Å²) < 4.78 is 0. The predicted molar refractivity (Wildman–Crippen MR) is 71.2 cm³/mol. The molecular formula is C9H12N6S2. The standard InChI is InChI=1S/C9H12N6S2/c1-16-17-6-2-3-15(4-6)9-7-8(10-5-11-9)13-14-12-7/h5-6H,2-4H2,1H3,(H,10,11,12,13,14). The molecule has 0 saturated carbocycles. The number of nitrogens with one attached hydrogen (secondary N) is 1. The summed E-state index contributed by atoms with van der Waals surface area (Å²) in [6, 6.07) is 0. The highest BCUT2D eigenvalue weighted by atomic mass is 33.1. The molecule has 3 heterocycles. The van der Waals surface area contributed by atoms with E-state index in [2.05, 4.69) is 36.5 Å². The van der Waals surface area contributed by atoms with Crippen LogP contribution in [-0.2, 0) is 0 Å². The number of nitrogens with zero attached hydrogens (tertiary/aromatic N) is 5. The Morgan fingerprint density at radius 3 is 3.29 bits per heavy atom. The first-order valence-electron chi connectivity index (χ1n) is 5.34. The first-order valence-corrected chi connectivity index (χ1v) is 7.97. The lowest BCUT2D eigenvalue weighted by molar-refractivity contribution is 0.931. The van der Waals surface area contributed by atoms with Crippen LogP contribution in [0.25, 0.3) is 11.2 Å². The second-order valence-corrected chi connectivity index (χ2v) is 6.60. The zero-order chi connectivity index (χ0) is 11.7. The average Bonchev–Trinajstić information content (AvgIpc) is 2.96. The van der Waals surface area contributed by atoms with Gasteiger partial charge in [0.1, 0.15) is 6.33 Å². The highest BCUT2D eigenvalue weighted by molar-refractivity contribution is 8.76. The number of aromatic amines is 1. The Morgan fingerprint density at radius 2 is 2.41 bits per heavy atom. The number of anilines is 1. The molecule has 1 saturated heterocycles. The molecule has 2 aromatic rings. The molecule has 17 heavy (non-hydrogen) atoms. The Kier molecular flexibility index (Phi) is 3.06. The van der Waals surface area contributed by atoms with Gasteiger partial charge < -0.3 is 4.90 Å². The van der Waals surface area contributed by atoms with Crippen molar-refractivity contribution >= 4 is 38.6 Å². The van der Waals surface area contributed by atoms with Crippen LogP contribution in [0, 0.1) is 0 Å². The fourth-order valence-electron chi connectivity index (χ4n) is 2.03. The molecule has 8 heteroatoms. The van der Waals surface area contributed by atoms with Gasteiger partial charge in [-0.05, 0) is 12.7 Å². The van der Waals surface area contributed by atoms with Gasteiger partial charge in [0.2, 0.25) is 0 Å². The number of hydrogen-bond donors (Lipinski definition) is 1. The molecule has 0 radical (unpaired) electrons. The van der Waals surface area contributed by atoms with Crippen LogP contribution in [0.3, 0.4) is 0 Å². The second kappa shape index (κ2) is 4.69. The van der Waals surface area contributed by atoms with Gasteiger partial charge in [0.25, 0.3) is 0 Å². The highest BCUT2D eigenvalue weighted by Crippen LogP contribution is 2.33. The van der Waals surface area contributed by atoms with E-state index in [4.69, 9.17) is 0 Å². The van der Waals surface area contributed by atoms with Crippen molar-refractivity contribution in [3.05, 3.63) is 6.33 Å². The van der Waals surface area contributed by atoms with E-state index in [1.165, 1.54) is 6.42 Å². The molecule has 3 rings (SSSR count). The Morgan fingerprint density at radius 1 is 1.47 bits per heavy atom. The first kappa shape index (κ1) is 11.1. The molecule has 1 aliphatic rings. The molecule has 0 aliphatic carbocycles. The molecule has 1 N–H and O–H groups in total. The quantitative estimate of drug-likeness (QED) is 0.842. The largest absolute Gasteiger partial charge is 0.353 e. The van der Waals surface area contributed by atoms with Gasteiger partial charge in [0.15, 0.2) is 17.0 Å². The van der Waals surface area contributed by atoms with Crippen molar-refractivity contribution in [1.29, 1.82) is 0 Å². The molecule has 0 bridgehead atoms. The molecule has 1 aliphatic heterocycles. The molecule has 1 fully saturated rings. The van der Waals surface area contributed by atoms with Crippen LogP contribution in [0.4, 0.5) is 5.82 Å². The Labute approximate surface area is 106 Å². The number of aromatic nitrogens is 5. The summed E-state index contributed by atoms with van der Waals surface area (Å²) in [6.07, 6.45) is 4.87. The van der Waals surface area contributed by atoms with Crippen LogP contribution >= 0.6 is 21.6 Å². The van der Waals surface area contributed by atoms with E-state index in [0.717, 1.165) is 24.4 Å². The van der Waals surface area contributed by atoms with Gasteiger partial charge in [-0.2, -0.15) is 0 Å². The van der Waals surface area contributed by atoms with Crippen LogP contribution in [0.1, 0.15) is 6.42 Å². The maximum atomic E-state index is 4.33. The van der Waals surface area contributed by atoms with Gasteiger partial charge in [-0.1, -0.05) is 26.8 Å². The third kappa shape index (κ3) is 2.06. The lowest BCUT2D eigenvalue weighted by atomic mass is 10.4. The van der Waals surface area contributed by atoms with Crippen LogP contribution in [0.2, 0.25) is 0 Å². The van der Waals surface area contributed by atoms with E-state index < -0.39 is 0 Å². The fourth-order valence-corrected chi connectivity index (χ4v) is 4.03. The van der Waals surface area contributed by atoms with Gasteiger partial charge in [-0.3, -0.25) is 0 Å². The fraction of sp³-hybridized carbons (Fsp3) is 0.556. The van der Waals surface area contributed by atoms with Gasteiger partial charge in [0, 0.05) is 18.3 Å². The lowest BCUT2D eigenvalue weighted by Crippen LogP contribution is -2.21. The minimum Gasteiger partial charge on any atom is -0.353 e. The average molecular weight is 268 g/mol. The minimum absolute atomic E-state index is 0.668. The second-order valence-electron chi connectivity index (χ2n) is 3.83. The first-order chi connectivity index (χ1) is 8.38. The summed E-state index contributed by atoms with van der Waals surface area (Å²) >= 11 is 0. The van der Waals surface area contributed by atoms with Crippen molar-refractivity contribution in [3.63, 3.8) is 0 Å². The van der Waals surface area contributed by atoms with Crippen molar-refractivity contribution in [2.45, 2.75) is 11.7 Å². The van der Waals surface area contributed by atoms with Crippen molar-refractivity contribution in [1.82, 2.24) is 25.4 Å². The van der Waals surface area contributed by atoms with E-state index in [1.54, 1.807) is 6.33 Å². The number of hydrogen-bond acceptors (Lipinski definition) is 7. The topological polar surface area (TPSA) is 70.6 Å². The van der Waals surface area contributed by atoms with E-state index >= 15 is 0 Å². The van der Waals surface area contributed by atoms with Crippen LogP contribution < -0.4 is 4.90 Å². The van der Waals surface area contributed by atoms with E-state index in [9.17, 15) is 0 Å². The van der Waals surface area contributed by atoms with E-state index in [1.807, 2.05) is 21.6 Å². The molecule has 1 atom stereocenters. The summed E-state index contributed by atoms with van der Waals surface area (Å²) in [6.45, 7) is 2.04. The predicted octanol–water partition coefficient (Wildman–Crippen LogP) is 1.34. The Bertz CT molecular complexity index is 515. The number of fused-ring (bicyclic) bond motifs is 1. The normalized spacial score (nSPS) is 20.3. The smallest absolute Gasteiger partial charge is 0.181 e. The third-order valence-corrected chi connectivity index (χ3v) is 5.03. The summed E-state index contributed by atoms with van der Waals surface area (Å²) in [4.78, 5) is 10.7. The summed E-state index contributed by atoms with van der Waals surface area (Å²) in [7, 11) is 3.76. The SMILES string of the molecule is CSSC1CCN(c2ncnc3[nH]nnc23)C1. The maximum Gasteiger partial charge on any atom is 0.181 e.